The SMILES string of the molecule is CCCNC(CC(C)COC)c1cc(C)cc(F)c1. The zero-order chi connectivity index (χ0) is 14.3. The summed E-state index contributed by atoms with van der Waals surface area (Å²) in [5.41, 5.74) is 2.01. The number of ether oxygens (including phenoxy) is 1. The van der Waals surface area contributed by atoms with Crippen LogP contribution < -0.4 is 5.32 Å². The third kappa shape index (κ3) is 5.70. The van der Waals surface area contributed by atoms with Crippen LogP contribution in [0, 0.1) is 18.7 Å². The molecule has 0 bridgehead atoms. The summed E-state index contributed by atoms with van der Waals surface area (Å²) >= 11 is 0. The van der Waals surface area contributed by atoms with Gasteiger partial charge in [0.2, 0.25) is 0 Å². The first-order valence-electron chi connectivity index (χ1n) is 7.06. The molecule has 0 aromatic heterocycles. The van der Waals surface area contributed by atoms with Gasteiger partial charge in [-0.2, -0.15) is 0 Å². The van der Waals surface area contributed by atoms with Crippen LogP contribution in [-0.4, -0.2) is 20.3 Å². The molecule has 108 valence electrons. The molecule has 1 N–H and O–H groups in total. The largest absolute Gasteiger partial charge is 0.384 e. The second kappa shape index (κ2) is 8.28. The number of rotatable bonds is 8. The molecule has 0 radical (unpaired) electrons. The topological polar surface area (TPSA) is 21.3 Å². The predicted molar refractivity (Wildman–Crippen MR) is 77.8 cm³/mol. The lowest BCUT2D eigenvalue weighted by molar-refractivity contribution is 0.149. The van der Waals surface area contributed by atoms with E-state index in [9.17, 15) is 4.39 Å². The van der Waals surface area contributed by atoms with E-state index in [1.165, 1.54) is 0 Å². The van der Waals surface area contributed by atoms with Crippen LogP contribution in [-0.2, 0) is 4.74 Å². The molecule has 0 fully saturated rings. The highest BCUT2D eigenvalue weighted by Crippen LogP contribution is 2.23. The van der Waals surface area contributed by atoms with E-state index < -0.39 is 0 Å². The summed E-state index contributed by atoms with van der Waals surface area (Å²) in [6.07, 6.45) is 2.03. The fraction of sp³-hybridized carbons (Fsp3) is 0.625. The van der Waals surface area contributed by atoms with Crippen molar-refractivity contribution in [3.05, 3.63) is 35.1 Å². The van der Waals surface area contributed by atoms with Crippen LogP contribution >= 0.6 is 0 Å². The third-order valence-electron chi connectivity index (χ3n) is 3.20. The van der Waals surface area contributed by atoms with E-state index in [0.717, 1.165) is 37.1 Å². The maximum absolute atomic E-state index is 13.5. The number of nitrogens with one attached hydrogen (secondary N) is 1. The summed E-state index contributed by atoms with van der Waals surface area (Å²) in [6.45, 7) is 7.91. The minimum atomic E-state index is -0.155. The summed E-state index contributed by atoms with van der Waals surface area (Å²) in [5.74, 6) is 0.292. The predicted octanol–water partition coefficient (Wildman–Crippen LogP) is 3.85. The summed E-state index contributed by atoms with van der Waals surface area (Å²) in [7, 11) is 1.72. The minimum absolute atomic E-state index is 0.155. The van der Waals surface area contributed by atoms with E-state index in [0.29, 0.717) is 5.92 Å². The summed E-state index contributed by atoms with van der Waals surface area (Å²) < 4.78 is 18.7. The van der Waals surface area contributed by atoms with Gasteiger partial charge in [-0.3, -0.25) is 0 Å². The highest BCUT2D eigenvalue weighted by molar-refractivity contribution is 5.26. The third-order valence-corrected chi connectivity index (χ3v) is 3.20. The lowest BCUT2D eigenvalue weighted by Gasteiger charge is -2.23. The molecular weight excluding hydrogens is 241 g/mol. The number of aryl methyl sites for hydroxylation is 1. The second-order valence-corrected chi connectivity index (χ2v) is 5.36. The molecule has 2 atom stereocenters. The smallest absolute Gasteiger partial charge is 0.123 e. The van der Waals surface area contributed by atoms with E-state index in [1.807, 2.05) is 6.92 Å². The fourth-order valence-electron chi connectivity index (χ4n) is 2.38. The Kier molecular flexibility index (Phi) is 7.03. The molecule has 1 aromatic carbocycles. The molecule has 19 heavy (non-hydrogen) atoms. The minimum Gasteiger partial charge on any atom is -0.384 e. The van der Waals surface area contributed by atoms with Crippen LogP contribution in [0.3, 0.4) is 0 Å². The van der Waals surface area contributed by atoms with Crippen molar-refractivity contribution < 1.29 is 9.13 Å². The first-order chi connectivity index (χ1) is 9.06. The van der Waals surface area contributed by atoms with E-state index in [4.69, 9.17) is 4.74 Å². The molecule has 2 unspecified atom stereocenters. The van der Waals surface area contributed by atoms with E-state index in [-0.39, 0.29) is 11.9 Å². The lowest BCUT2D eigenvalue weighted by atomic mass is 9.95. The Labute approximate surface area is 116 Å². The highest BCUT2D eigenvalue weighted by Gasteiger charge is 2.15. The Morgan fingerprint density at radius 1 is 1.32 bits per heavy atom. The highest BCUT2D eigenvalue weighted by atomic mass is 19.1. The van der Waals surface area contributed by atoms with Gasteiger partial charge in [-0.25, -0.2) is 4.39 Å². The fourth-order valence-corrected chi connectivity index (χ4v) is 2.38. The first-order valence-corrected chi connectivity index (χ1v) is 7.06. The van der Waals surface area contributed by atoms with Gasteiger partial charge in [0.1, 0.15) is 5.82 Å². The van der Waals surface area contributed by atoms with Gasteiger partial charge in [-0.15, -0.1) is 0 Å². The Morgan fingerprint density at radius 3 is 2.63 bits per heavy atom. The summed E-state index contributed by atoms with van der Waals surface area (Å²) in [5, 5.41) is 3.51. The average Bonchev–Trinajstić information content (AvgIpc) is 2.33. The van der Waals surface area contributed by atoms with Crippen molar-refractivity contribution >= 4 is 0 Å². The van der Waals surface area contributed by atoms with Gasteiger partial charge >= 0.3 is 0 Å². The molecule has 0 aliphatic rings. The first kappa shape index (κ1) is 16.1. The number of benzene rings is 1. The standard InChI is InChI=1S/C16H26FNO/c1-5-6-18-16(9-13(3)11-19-4)14-7-12(2)8-15(17)10-14/h7-8,10,13,16,18H,5-6,9,11H2,1-4H3. The molecule has 0 heterocycles. The van der Waals surface area contributed by atoms with Crippen LogP contribution in [0.2, 0.25) is 0 Å². The molecule has 1 rings (SSSR count). The molecular formula is C16H26FNO. The van der Waals surface area contributed by atoms with E-state index in [2.05, 4.69) is 25.2 Å². The average molecular weight is 267 g/mol. The summed E-state index contributed by atoms with van der Waals surface area (Å²) in [4.78, 5) is 0. The normalized spacial score (nSPS) is 14.4. The van der Waals surface area contributed by atoms with Gasteiger partial charge in [0.05, 0.1) is 0 Å². The maximum atomic E-state index is 13.5. The molecule has 3 heteroatoms. The van der Waals surface area contributed by atoms with Gasteiger partial charge in [-0.05, 0) is 55.5 Å². The van der Waals surface area contributed by atoms with E-state index >= 15 is 0 Å². The monoisotopic (exact) mass is 267 g/mol. The molecule has 0 saturated carbocycles. The van der Waals surface area contributed by atoms with Gasteiger partial charge in [0.25, 0.3) is 0 Å². The van der Waals surface area contributed by atoms with Gasteiger partial charge in [-0.1, -0.05) is 19.9 Å². The molecule has 1 aromatic rings. The number of methoxy groups -OCH3 is 1. The lowest BCUT2D eigenvalue weighted by Crippen LogP contribution is -2.25. The molecule has 0 saturated heterocycles. The quantitative estimate of drug-likeness (QED) is 0.772. The zero-order valence-corrected chi connectivity index (χ0v) is 12.5. The van der Waals surface area contributed by atoms with Crippen LogP contribution in [0.4, 0.5) is 4.39 Å². The number of halogens is 1. The molecule has 2 nitrogen and oxygen atoms in total. The summed E-state index contributed by atoms with van der Waals surface area (Å²) in [6, 6.07) is 5.47. The molecule has 0 aliphatic carbocycles. The van der Waals surface area contributed by atoms with Crippen molar-refractivity contribution in [2.24, 2.45) is 5.92 Å². The van der Waals surface area contributed by atoms with Crippen molar-refractivity contribution in [3.63, 3.8) is 0 Å². The Hall–Kier alpha value is -0.930. The zero-order valence-electron chi connectivity index (χ0n) is 12.5. The van der Waals surface area contributed by atoms with Crippen LogP contribution in [0.5, 0.6) is 0 Å². The number of hydrogen-bond acceptors (Lipinski definition) is 2. The Balaban J connectivity index is 2.82. The van der Waals surface area contributed by atoms with Crippen molar-refractivity contribution in [2.45, 2.75) is 39.7 Å². The van der Waals surface area contributed by atoms with Gasteiger partial charge < -0.3 is 10.1 Å². The van der Waals surface area contributed by atoms with Gasteiger partial charge in [0, 0.05) is 19.8 Å². The number of hydrogen-bond donors (Lipinski definition) is 1. The Morgan fingerprint density at radius 2 is 2.05 bits per heavy atom. The second-order valence-electron chi connectivity index (χ2n) is 5.36. The van der Waals surface area contributed by atoms with Gasteiger partial charge in [0.15, 0.2) is 0 Å². The van der Waals surface area contributed by atoms with E-state index in [1.54, 1.807) is 19.2 Å². The molecule has 0 spiro atoms. The van der Waals surface area contributed by atoms with Crippen molar-refractivity contribution in [3.8, 4) is 0 Å². The van der Waals surface area contributed by atoms with Crippen LogP contribution in [0.15, 0.2) is 18.2 Å². The molecule has 0 aliphatic heterocycles. The maximum Gasteiger partial charge on any atom is 0.123 e. The van der Waals surface area contributed by atoms with Crippen molar-refractivity contribution in [1.82, 2.24) is 5.32 Å². The Bertz CT molecular complexity index is 361. The van der Waals surface area contributed by atoms with Crippen molar-refractivity contribution in [2.75, 3.05) is 20.3 Å². The molecule has 0 amide bonds. The van der Waals surface area contributed by atoms with Crippen LogP contribution in [0.25, 0.3) is 0 Å². The van der Waals surface area contributed by atoms with Crippen molar-refractivity contribution in [1.29, 1.82) is 0 Å². The van der Waals surface area contributed by atoms with Crippen LogP contribution in [0.1, 0.15) is 43.9 Å².